The van der Waals surface area contributed by atoms with Gasteiger partial charge >= 0.3 is 0 Å². The molecule has 7 nitrogen and oxygen atoms in total. The van der Waals surface area contributed by atoms with E-state index < -0.39 is 0 Å². The smallest absolute Gasteiger partial charge is 0.246 e. The number of nitrogens with zero attached hydrogens (tertiary/aromatic N) is 6. The predicted octanol–water partition coefficient (Wildman–Crippen LogP) is 1.49. The molecule has 1 aliphatic heterocycles. The van der Waals surface area contributed by atoms with E-state index in [9.17, 15) is 4.79 Å². The van der Waals surface area contributed by atoms with Crippen molar-refractivity contribution in [3.8, 4) is 5.82 Å². The molecule has 0 N–H and O–H groups in total. The van der Waals surface area contributed by atoms with Crippen LogP contribution in [0, 0.1) is 0 Å². The molecule has 0 radical (unpaired) electrons. The number of likely N-dealkylation sites (N-methyl/N-ethyl adjacent to an activating group) is 1. The van der Waals surface area contributed by atoms with Crippen LogP contribution in [0.15, 0.2) is 43.3 Å². The van der Waals surface area contributed by atoms with Gasteiger partial charge in [-0.1, -0.05) is 6.08 Å². The minimum absolute atomic E-state index is 0.0919. The zero-order valence-electron chi connectivity index (χ0n) is 14.7. The van der Waals surface area contributed by atoms with Crippen LogP contribution < -0.4 is 0 Å². The lowest BCUT2D eigenvalue weighted by Gasteiger charge is -2.31. The minimum Gasteiger partial charge on any atom is -0.339 e. The number of piperidine rings is 1. The van der Waals surface area contributed by atoms with Crippen molar-refractivity contribution < 1.29 is 4.79 Å². The average molecular weight is 340 g/mol. The number of hydrogen-bond acceptors (Lipinski definition) is 5. The summed E-state index contributed by atoms with van der Waals surface area (Å²) in [5.74, 6) is 1.23. The second-order valence-electron chi connectivity index (χ2n) is 6.50. The lowest BCUT2D eigenvalue weighted by atomic mass is 9.93. The van der Waals surface area contributed by atoms with Gasteiger partial charge in [0.25, 0.3) is 0 Å². The van der Waals surface area contributed by atoms with Gasteiger partial charge in [-0.25, -0.2) is 9.97 Å². The molecule has 3 heterocycles. The first-order valence-electron chi connectivity index (χ1n) is 8.54. The number of imidazole rings is 1. The van der Waals surface area contributed by atoms with Gasteiger partial charge < -0.3 is 9.80 Å². The van der Waals surface area contributed by atoms with Crippen LogP contribution in [0.4, 0.5) is 0 Å². The summed E-state index contributed by atoms with van der Waals surface area (Å²) in [4.78, 5) is 29.3. The highest BCUT2D eigenvalue weighted by atomic mass is 16.2. The first kappa shape index (κ1) is 17.3. The molecule has 2 aromatic heterocycles. The third-order valence-electron chi connectivity index (χ3n) is 4.38. The van der Waals surface area contributed by atoms with Gasteiger partial charge in [0, 0.05) is 56.4 Å². The summed E-state index contributed by atoms with van der Waals surface area (Å²) in [6.07, 6.45) is 14.2. The number of hydrogen-bond donors (Lipinski definition) is 0. The fourth-order valence-corrected chi connectivity index (χ4v) is 3.06. The molecule has 0 aromatic carbocycles. The molecule has 25 heavy (non-hydrogen) atoms. The van der Waals surface area contributed by atoms with Gasteiger partial charge in [-0.15, -0.1) is 0 Å². The van der Waals surface area contributed by atoms with Gasteiger partial charge in [0.2, 0.25) is 5.91 Å². The predicted molar refractivity (Wildman–Crippen MR) is 95.4 cm³/mol. The molecule has 132 valence electrons. The second-order valence-corrected chi connectivity index (χ2v) is 6.50. The molecule has 7 heteroatoms. The van der Waals surface area contributed by atoms with Gasteiger partial charge in [0.1, 0.15) is 6.33 Å². The normalized spacial score (nSPS) is 16.0. The average Bonchev–Trinajstić information content (AvgIpc) is 3.16. The molecule has 0 saturated carbocycles. The summed E-state index contributed by atoms with van der Waals surface area (Å²) < 4.78 is 1.89. The second kappa shape index (κ2) is 8.02. The molecule has 0 atom stereocenters. The van der Waals surface area contributed by atoms with Crippen molar-refractivity contribution in [2.75, 3.05) is 33.7 Å². The number of carbonyl (C=O) groups excluding carboxylic acids is 1. The Morgan fingerprint density at radius 1 is 1.24 bits per heavy atom. The summed E-state index contributed by atoms with van der Waals surface area (Å²) in [5, 5.41) is 0. The van der Waals surface area contributed by atoms with Gasteiger partial charge in [-0.2, -0.15) is 0 Å². The Morgan fingerprint density at radius 2 is 2.00 bits per heavy atom. The molecule has 1 amide bonds. The van der Waals surface area contributed by atoms with E-state index in [0.717, 1.165) is 44.0 Å². The molecular formula is C18H24N6O. The maximum atomic E-state index is 12.3. The first-order valence-corrected chi connectivity index (χ1v) is 8.54. The number of carbonyl (C=O) groups is 1. The third-order valence-corrected chi connectivity index (χ3v) is 4.38. The lowest BCUT2D eigenvalue weighted by molar-refractivity contribution is -0.127. The lowest BCUT2D eigenvalue weighted by Crippen LogP contribution is -2.37. The van der Waals surface area contributed by atoms with E-state index in [0.29, 0.717) is 5.92 Å². The van der Waals surface area contributed by atoms with E-state index in [1.54, 1.807) is 31.0 Å². The van der Waals surface area contributed by atoms with Crippen LogP contribution in [-0.2, 0) is 4.79 Å². The first-order chi connectivity index (χ1) is 12.1. The van der Waals surface area contributed by atoms with Crippen molar-refractivity contribution in [1.82, 2.24) is 29.3 Å². The Balaban J connectivity index is 1.64. The maximum Gasteiger partial charge on any atom is 0.246 e. The van der Waals surface area contributed by atoms with Gasteiger partial charge in [-0.05, 0) is 26.9 Å². The standard InChI is InChI=1S/C18H24N6O/c1-22(2)10-3-4-16(25)23-11-5-15(6-12-23)17-18(21-8-7-20-17)24-13-9-19-14-24/h3-4,7-9,13-15H,5-6,10-12H2,1-2H3/b4-3+. The topological polar surface area (TPSA) is 67.2 Å². The van der Waals surface area contributed by atoms with Crippen molar-refractivity contribution in [1.29, 1.82) is 0 Å². The summed E-state index contributed by atoms with van der Waals surface area (Å²) in [6, 6.07) is 0. The number of amides is 1. The van der Waals surface area contributed by atoms with Crippen molar-refractivity contribution in [3.63, 3.8) is 0 Å². The van der Waals surface area contributed by atoms with E-state index in [1.807, 2.05) is 40.7 Å². The number of likely N-dealkylation sites (tertiary alicyclic amines) is 1. The highest BCUT2D eigenvalue weighted by molar-refractivity contribution is 5.87. The molecule has 1 saturated heterocycles. The van der Waals surface area contributed by atoms with Gasteiger partial charge in [-0.3, -0.25) is 14.3 Å². The van der Waals surface area contributed by atoms with Gasteiger partial charge in [0.15, 0.2) is 5.82 Å². The van der Waals surface area contributed by atoms with Crippen LogP contribution in [0.5, 0.6) is 0 Å². The van der Waals surface area contributed by atoms with Crippen LogP contribution in [0.1, 0.15) is 24.5 Å². The Hall–Kier alpha value is -2.54. The van der Waals surface area contributed by atoms with Crippen LogP contribution >= 0.6 is 0 Å². The number of rotatable bonds is 5. The Morgan fingerprint density at radius 3 is 2.68 bits per heavy atom. The van der Waals surface area contributed by atoms with Crippen LogP contribution in [-0.4, -0.2) is 69.0 Å². The van der Waals surface area contributed by atoms with Crippen molar-refractivity contribution in [3.05, 3.63) is 49.0 Å². The Labute approximate surface area is 148 Å². The molecule has 1 aliphatic rings. The third kappa shape index (κ3) is 4.30. The van der Waals surface area contributed by atoms with E-state index in [-0.39, 0.29) is 5.91 Å². The highest BCUT2D eigenvalue weighted by Gasteiger charge is 2.26. The van der Waals surface area contributed by atoms with Crippen LogP contribution in [0.25, 0.3) is 5.82 Å². The Kier molecular flexibility index (Phi) is 5.55. The fourth-order valence-electron chi connectivity index (χ4n) is 3.06. The molecule has 0 spiro atoms. The molecule has 2 aromatic rings. The molecule has 0 aliphatic carbocycles. The highest BCUT2D eigenvalue weighted by Crippen LogP contribution is 2.29. The van der Waals surface area contributed by atoms with Crippen molar-refractivity contribution >= 4 is 5.91 Å². The SMILES string of the molecule is CN(C)C/C=C/C(=O)N1CCC(c2nccnc2-n2ccnc2)CC1. The largest absolute Gasteiger partial charge is 0.339 e. The number of aromatic nitrogens is 4. The minimum atomic E-state index is 0.0919. The molecule has 0 bridgehead atoms. The zero-order valence-corrected chi connectivity index (χ0v) is 14.7. The summed E-state index contributed by atoms with van der Waals surface area (Å²) in [6.45, 7) is 2.27. The van der Waals surface area contributed by atoms with Crippen molar-refractivity contribution in [2.45, 2.75) is 18.8 Å². The van der Waals surface area contributed by atoms with E-state index in [2.05, 4.69) is 15.0 Å². The molecule has 3 rings (SSSR count). The summed E-state index contributed by atoms with van der Waals surface area (Å²) in [7, 11) is 3.97. The van der Waals surface area contributed by atoms with Crippen molar-refractivity contribution in [2.24, 2.45) is 0 Å². The van der Waals surface area contributed by atoms with E-state index in [1.165, 1.54) is 0 Å². The summed E-state index contributed by atoms with van der Waals surface area (Å²) >= 11 is 0. The fraction of sp³-hybridized carbons (Fsp3) is 0.444. The summed E-state index contributed by atoms with van der Waals surface area (Å²) in [5.41, 5.74) is 0.982. The monoisotopic (exact) mass is 340 g/mol. The van der Waals surface area contributed by atoms with Crippen LogP contribution in [0.3, 0.4) is 0 Å². The quantitative estimate of drug-likeness (QED) is 0.772. The molecule has 0 unspecified atom stereocenters. The zero-order chi connectivity index (χ0) is 17.6. The maximum absolute atomic E-state index is 12.3. The molecule has 1 fully saturated rings. The molecular weight excluding hydrogens is 316 g/mol. The van der Waals surface area contributed by atoms with E-state index in [4.69, 9.17) is 0 Å². The Bertz CT molecular complexity index is 717. The van der Waals surface area contributed by atoms with E-state index >= 15 is 0 Å². The van der Waals surface area contributed by atoms with Crippen LogP contribution in [0.2, 0.25) is 0 Å². The van der Waals surface area contributed by atoms with Gasteiger partial charge in [0.05, 0.1) is 5.69 Å².